The summed E-state index contributed by atoms with van der Waals surface area (Å²) in [5.74, 6) is -2.60. The van der Waals surface area contributed by atoms with E-state index in [2.05, 4.69) is 4.98 Å². The molecule has 0 aromatic carbocycles. The number of carbonyl (C=O) groups is 3. The second-order valence-electron chi connectivity index (χ2n) is 6.04. The van der Waals surface area contributed by atoms with Crippen LogP contribution < -0.4 is 0 Å². The van der Waals surface area contributed by atoms with Gasteiger partial charge in [0.25, 0.3) is 0 Å². The second kappa shape index (κ2) is 6.29. The van der Waals surface area contributed by atoms with Crippen molar-refractivity contribution in [3.8, 4) is 6.07 Å². The van der Waals surface area contributed by atoms with Gasteiger partial charge in [-0.3, -0.25) is 24.3 Å². The zero-order valence-electron chi connectivity index (χ0n) is 12.6. The van der Waals surface area contributed by atoms with Crippen LogP contribution in [-0.2, 0) is 14.4 Å². The number of hydrogen-bond donors (Lipinski definition) is 0. The van der Waals surface area contributed by atoms with Crippen LogP contribution in [0.15, 0.2) is 24.4 Å². The minimum Gasteiger partial charge on any atom is -0.296 e. The highest BCUT2D eigenvalue weighted by Gasteiger charge is 2.48. The van der Waals surface area contributed by atoms with Crippen molar-refractivity contribution in [2.24, 2.45) is 11.8 Å². The van der Waals surface area contributed by atoms with Gasteiger partial charge in [0.1, 0.15) is 5.92 Å². The lowest BCUT2D eigenvalue weighted by Gasteiger charge is -2.19. The minimum absolute atomic E-state index is 0.259. The van der Waals surface area contributed by atoms with Gasteiger partial charge in [0, 0.05) is 6.20 Å². The number of amides is 2. The molecule has 1 saturated carbocycles. The molecule has 0 radical (unpaired) electrons. The van der Waals surface area contributed by atoms with E-state index in [1.807, 2.05) is 6.07 Å². The van der Waals surface area contributed by atoms with Gasteiger partial charge in [0.15, 0.2) is 5.78 Å². The van der Waals surface area contributed by atoms with Crippen molar-refractivity contribution in [1.29, 1.82) is 5.26 Å². The van der Waals surface area contributed by atoms with Crippen LogP contribution >= 0.6 is 0 Å². The first-order valence-electron chi connectivity index (χ1n) is 7.82. The number of nitriles is 1. The van der Waals surface area contributed by atoms with Crippen LogP contribution in [0.25, 0.3) is 0 Å². The first-order valence-corrected chi connectivity index (χ1v) is 7.82. The molecule has 6 nitrogen and oxygen atoms in total. The Morgan fingerprint density at radius 2 is 1.91 bits per heavy atom. The predicted molar refractivity (Wildman–Crippen MR) is 79.8 cm³/mol. The molecule has 1 aromatic rings. The van der Waals surface area contributed by atoms with Crippen LogP contribution in [-0.4, -0.2) is 34.0 Å². The Bertz CT molecular complexity index is 656. The number of fused-ring (bicyclic) bond motifs is 1. The Morgan fingerprint density at radius 1 is 1.26 bits per heavy atom. The first-order chi connectivity index (χ1) is 11.1. The number of Topliss-reactive ketones (excluding diaryl/α,β-unsaturated/α-hetero) is 1. The fraction of sp³-hybridized carbons (Fsp3) is 0.471. The van der Waals surface area contributed by atoms with Crippen molar-refractivity contribution in [1.82, 2.24) is 9.88 Å². The van der Waals surface area contributed by atoms with Crippen LogP contribution in [0.2, 0.25) is 0 Å². The number of likely N-dealkylation sites (tertiary alicyclic amines) is 1. The third kappa shape index (κ3) is 2.74. The molecule has 1 aliphatic heterocycles. The third-order valence-corrected chi connectivity index (χ3v) is 4.68. The summed E-state index contributed by atoms with van der Waals surface area (Å²) in [5.41, 5.74) is 0.344. The van der Waals surface area contributed by atoms with Crippen molar-refractivity contribution in [3.05, 3.63) is 30.1 Å². The topological polar surface area (TPSA) is 91.1 Å². The second-order valence-corrected chi connectivity index (χ2v) is 6.04. The maximum absolute atomic E-state index is 12.4. The number of rotatable bonds is 4. The molecular formula is C17H17N3O3. The molecule has 3 atom stereocenters. The van der Waals surface area contributed by atoms with Gasteiger partial charge in [-0.15, -0.1) is 0 Å². The fourth-order valence-corrected chi connectivity index (χ4v) is 3.48. The van der Waals surface area contributed by atoms with E-state index in [1.54, 1.807) is 18.2 Å². The van der Waals surface area contributed by atoms with Crippen LogP contribution in [0, 0.1) is 23.2 Å². The lowest BCUT2D eigenvalue weighted by atomic mass is 9.81. The molecule has 0 N–H and O–H groups in total. The molecule has 6 heteroatoms. The molecule has 1 aliphatic carbocycles. The van der Waals surface area contributed by atoms with Gasteiger partial charge in [0.2, 0.25) is 11.8 Å². The van der Waals surface area contributed by atoms with Crippen molar-refractivity contribution >= 4 is 17.6 Å². The summed E-state index contributed by atoms with van der Waals surface area (Å²) in [6, 6.07) is 6.91. The van der Waals surface area contributed by atoms with Crippen LogP contribution in [0.3, 0.4) is 0 Å². The Morgan fingerprint density at radius 3 is 2.43 bits per heavy atom. The molecule has 1 aromatic heterocycles. The number of hydrogen-bond acceptors (Lipinski definition) is 5. The molecule has 23 heavy (non-hydrogen) atoms. The van der Waals surface area contributed by atoms with Crippen molar-refractivity contribution < 1.29 is 14.4 Å². The van der Waals surface area contributed by atoms with E-state index in [1.165, 1.54) is 6.20 Å². The number of carbonyl (C=O) groups excluding carboxylic acids is 3. The average Bonchev–Trinajstić information content (AvgIpc) is 2.82. The fourth-order valence-electron chi connectivity index (χ4n) is 3.48. The van der Waals surface area contributed by atoms with E-state index < -0.39 is 11.7 Å². The lowest BCUT2D eigenvalue weighted by molar-refractivity contribution is -0.143. The maximum Gasteiger partial charge on any atom is 0.233 e. The quantitative estimate of drug-likeness (QED) is 0.785. The summed E-state index contributed by atoms with van der Waals surface area (Å²) in [6.45, 7) is -0.334. The van der Waals surface area contributed by atoms with E-state index in [9.17, 15) is 19.6 Å². The standard InChI is InChI=1S/C17H17N3O3/c18-9-13(14-7-3-4-8-19-14)15(21)10-20-16(22)11-5-1-2-6-12(11)17(20)23/h3-4,7-8,11-13H,1-2,5-6,10H2. The average molecular weight is 311 g/mol. The monoisotopic (exact) mass is 311 g/mol. The van der Waals surface area contributed by atoms with Gasteiger partial charge in [-0.2, -0.15) is 5.26 Å². The lowest BCUT2D eigenvalue weighted by Crippen LogP contribution is -2.37. The highest BCUT2D eigenvalue weighted by atomic mass is 16.2. The zero-order valence-corrected chi connectivity index (χ0v) is 12.6. The summed E-state index contributed by atoms with van der Waals surface area (Å²) in [5, 5.41) is 9.26. The van der Waals surface area contributed by atoms with Gasteiger partial charge < -0.3 is 0 Å². The summed E-state index contributed by atoms with van der Waals surface area (Å²) >= 11 is 0. The molecule has 1 saturated heterocycles. The number of aromatic nitrogens is 1. The van der Waals surface area contributed by atoms with Crippen LogP contribution in [0.4, 0.5) is 0 Å². The highest BCUT2D eigenvalue weighted by Crippen LogP contribution is 2.38. The molecule has 2 amide bonds. The molecule has 2 heterocycles. The Labute approximate surface area is 134 Å². The summed E-state index contributed by atoms with van der Waals surface area (Å²) in [4.78, 5) is 42.3. The van der Waals surface area contributed by atoms with E-state index >= 15 is 0 Å². The molecular weight excluding hydrogens is 294 g/mol. The Balaban J connectivity index is 1.76. The smallest absolute Gasteiger partial charge is 0.233 e. The largest absolute Gasteiger partial charge is 0.296 e. The van der Waals surface area contributed by atoms with Crippen molar-refractivity contribution in [2.75, 3.05) is 6.54 Å². The SMILES string of the molecule is N#CC(C(=O)CN1C(=O)C2CCCCC2C1=O)c1ccccn1. The number of pyridine rings is 1. The molecule has 0 spiro atoms. The minimum atomic E-state index is -1.06. The van der Waals surface area contributed by atoms with Crippen molar-refractivity contribution in [2.45, 2.75) is 31.6 Å². The predicted octanol–water partition coefficient (Wildman–Crippen LogP) is 1.43. The molecule has 118 valence electrons. The zero-order chi connectivity index (χ0) is 16.4. The molecule has 0 bridgehead atoms. The summed E-state index contributed by atoms with van der Waals surface area (Å²) in [6.07, 6.45) is 4.81. The van der Waals surface area contributed by atoms with Crippen LogP contribution in [0.5, 0.6) is 0 Å². The number of ketones is 1. The Kier molecular flexibility index (Phi) is 4.20. The maximum atomic E-state index is 12.4. The number of imide groups is 1. The highest BCUT2D eigenvalue weighted by molar-refractivity contribution is 6.08. The van der Waals surface area contributed by atoms with E-state index in [0.717, 1.165) is 17.7 Å². The van der Waals surface area contributed by atoms with E-state index in [4.69, 9.17) is 0 Å². The van der Waals surface area contributed by atoms with Gasteiger partial charge >= 0.3 is 0 Å². The van der Waals surface area contributed by atoms with E-state index in [0.29, 0.717) is 18.5 Å². The van der Waals surface area contributed by atoms with Crippen molar-refractivity contribution in [3.63, 3.8) is 0 Å². The van der Waals surface area contributed by atoms with Crippen LogP contribution in [0.1, 0.15) is 37.3 Å². The van der Waals surface area contributed by atoms with Gasteiger partial charge in [-0.25, -0.2) is 0 Å². The molecule has 3 rings (SSSR count). The Hall–Kier alpha value is -2.55. The van der Waals surface area contributed by atoms with Gasteiger partial charge in [-0.05, 0) is 25.0 Å². The molecule has 2 aliphatic rings. The molecule has 2 fully saturated rings. The number of nitrogens with zero attached hydrogens (tertiary/aromatic N) is 3. The first kappa shape index (κ1) is 15.3. The molecule has 3 unspecified atom stereocenters. The normalized spacial score (nSPS) is 24.9. The van der Waals surface area contributed by atoms with Gasteiger partial charge in [0.05, 0.1) is 30.1 Å². The van der Waals surface area contributed by atoms with Gasteiger partial charge in [-0.1, -0.05) is 18.9 Å². The van der Waals surface area contributed by atoms with E-state index in [-0.39, 0.29) is 30.2 Å². The summed E-state index contributed by atoms with van der Waals surface area (Å²) < 4.78 is 0. The summed E-state index contributed by atoms with van der Waals surface area (Å²) in [7, 11) is 0. The third-order valence-electron chi connectivity index (χ3n) is 4.68.